The normalized spacial score (nSPS) is 17.0. The van der Waals surface area contributed by atoms with Gasteiger partial charge in [0.15, 0.2) is 0 Å². The number of methoxy groups -OCH3 is 1. The molecule has 182 valence electrons. The zero-order valence-corrected chi connectivity index (χ0v) is 18.7. The predicted octanol–water partition coefficient (Wildman–Crippen LogP) is 5.03. The van der Waals surface area contributed by atoms with Gasteiger partial charge in [-0.1, -0.05) is 12.1 Å². The van der Waals surface area contributed by atoms with Crippen LogP contribution in [0.4, 0.5) is 17.6 Å². The molecule has 1 aliphatic rings. The Morgan fingerprint density at radius 3 is 2.44 bits per heavy atom. The fraction of sp³-hybridized carbons (Fsp3) is 0.115. The summed E-state index contributed by atoms with van der Waals surface area (Å²) >= 11 is 0. The van der Waals surface area contributed by atoms with Gasteiger partial charge in [-0.3, -0.25) is 9.97 Å². The number of aliphatic imine (C=N–C) groups is 1. The van der Waals surface area contributed by atoms with Crippen LogP contribution in [-0.4, -0.2) is 28.0 Å². The molecule has 0 saturated heterocycles. The summed E-state index contributed by atoms with van der Waals surface area (Å²) in [4.78, 5) is 12.4. The van der Waals surface area contributed by atoms with Crippen molar-refractivity contribution in [2.45, 2.75) is 11.7 Å². The van der Waals surface area contributed by atoms with Gasteiger partial charge in [-0.05, 0) is 59.7 Å². The number of amidine groups is 1. The number of hydrogen-bond donors (Lipinski definition) is 2. The molecule has 36 heavy (non-hydrogen) atoms. The average molecular weight is 494 g/mol. The first-order valence-corrected chi connectivity index (χ1v) is 10.7. The highest BCUT2D eigenvalue weighted by Crippen LogP contribution is 2.48. The number of hydrogen-bond acceptors (Lipinski definition) is 6. The van der Waals surface area contributed by atoms with Crippen LogP contribution in [0.3, 0.4) is 0 Å². The molecule has 1 aliphatic heterocycles. The molecule has 3 N–H and O–H groups in total. The maximum absolute atomic E-state index is 14.8. The highest BCUT2D eigenvalue weighted by molar-refractivity contribution is 6.01. The first-order valence-electron chi connectivity index (χ1n) is 10.7. The molecular formula is C26H18F4N4O2. The van der Waals surface area contributed by atoms with E-state index in [2.05, 4.69) is 15.0 Å². The van der Waals surface area contributed by atoms with Gasteiger partial charge >= 0.3 is 6.18 Å². The second-order valence-electron chi connectivity index (χ2n) is 8.11. The van der Waals surface area contributed by atoms with Crippen molar-refractivity contribution in [2.75, 3.05) is 7.11 Å². The van der Waals surface area contributed by atoms with Crippen molar-refractivity contribution in [3.63, 3.8) is 0 Å². The number of rotatable bonds is 4. The summed E-state index contributed by atoms with van der Waals surface area (Å²) in [5.74, 6) is -0.490. The minimum absolute atomic E-state index is 0.0261. The average Bonchev–Trinajstić information content (AvgIpc) is 3.18. The number of fused-ring (bicyclic) bond motifs is 1. The molecule has 1 atom stereocenters. The summed E-state index contributed by atoms with van der Waals surface area (Å²) in [6.07, 6.45) is -2.16. The smallest absolute Gasteiger partial charge is 0.433 e. The van der Waals surface area contributed by atoms with E-state index in [0.717, 1.165) is 12.3 Å². The highest BCUT2D eigenvalue weighted by atomic mass is 19.4. The van der Waals surface area contributed by atoms with E-state index in [0.29, 0.717) is 22.6 Å². The van der Waals surface area contributed by atoms with Gasteiger partial charge in [0.2, 0.25) is 0 Å². The van der Waals surface area contributed by atoms with Crippen molar-refractivity contribution in [1.29, 1.82) is 0 Å². The lowest BCUT2D eigenvalue weighted by Crippen LogP contribution is -2.26. The number of phenols is 1. The van der Waals surface area contributed by atoms with E-state index in [-0.39, 0.29) is 28.3 Å². The number of nitrogens with two attached hydrogens (primary N) is 1. The Morgan fingerprint density at radius 1 is 0.917 bits per heavy atom. The lowest BCUT2D eigenvalue weighted by atomic mass is 9.77. The number of pyridine rings is 2. The van der Waals surface area contributed by atoms with Crippen molar-refractivity contribution in [3.8, 4) is 22.6 Å². The summed E-state index contributed by atoms with van der Waals surface area (Å²) in [5.41, 5.74) is 4.86. The Morgan fingerprint density at radius 2 is 1.69 bits per heavy atom. The maximum atomic E-state index is 14.8. The van der Waals surface area contributed by atoms with E-state index in [1.807, 2.05) is 0 Å². The molecule has 1 unspecified atom stereocenters. The first kappa shape index (κ1) is 23.3. The molecule has 2 aromatic carbocycles. The molecule has 0 amide bonds. The predicted molar refractivity (Wildman–Crippen MR) is 124 cm³/mol. The van der Waals surface area contributed by atoms with E-state index in [4.69, 9.17) is 10.5 Å². The van der Waals surface area contributed by atoms with Crippen molar-refractivity contribution in [3.05, 3.63) is 107 Å². The molecule has 0 fully saturated rings. The fourth-order valence-electron chi connectivity index (χ4n) is 4.43. The van der Waals surface area contributed by atoms with Gasteiger partial charge in [0.25, 0.3) is 0 Å². The van der Waals surface area contributed by atoms with Gasteiger partial charge in [-0.2, -0.15) is 13.2 Å². The van der Waals surface area contributed by atoms with Crippen molar-refractivity contribution in [2.24, 2.45) is 10.7 Å². The number of phenolic OH excluding ortho intramolecular Hbond substituents is 1. The number of benzene rings is 2. The van der Waals surface area contributed by atoms with Gasteiger partial charge < -0.3 is 15.6 Å². The molecule has 10 heteroatoms. The third-order valence-electron chi connectivity index (χ3n) is 6.07. The van der Waals surface area contributed by atoms with Gasteiger partial charge in [-0.25, -0.2) is 9.38 Å². The van der Waals surface area contributed by atoms with Crippen LogP contribution in [0.25, 0.3) is 11.1 Å². The van der Waals surface area contributed by atoms with Crippen LogP contribution in [0.2, 0.25) is 0 Å². The summed E-state index contributed by atoms with van der Waals surface area (Å²) in [7, 11) is 1.42. The van der Waals surface area contributed by atoms with Crippen LogP contribution in [0.5, 0.6) is 11.5 Å². The molecule has 6 nitrogen and oxygen atoms in total. The second-order valence-corrected chi connectivity index (χ2v) is 8.11. The molecule has 0 saturated carbocycles. The number of aromatic nitrogens is 2. The molecule has 0 spiro atoms. The van der Waals surface area contributed by atoms with Crippen LogP contribution < -0.4 is 10.5 Å². The minimum atomic E-state index is -4.70. The number of alkyl halides is 3. The van der Waals surface area contributed by atoms with Crippen molar-refractivity contribution >= 4 is 5.84 Å². The quantitative estimate of drug-likeness (QED) is 0.389. The van der Waals surface area contributed by atoms with Crippen LogP contribution in [-0.2, 0) is 11.7 Å². The lowest BCUT2D eigenvalue weighted by Gasteiger charge is -2.30. The monoisotopic (exact) mass is 494 g/mol. The Hall–Kier alpha value is -4.47. The molecule has 5 rings (SSSR count). The summed E-state index contributed by atoms with van der Waals surface area (Å²) in [6, 6.07) is 13.9. The van der Waals surface area contributed by atoms with Gasteiger partial charge in [0.05, 0.1) is 7.11 Å². The fourth-order valence-corrected chi connectivity index (χ4v) is 4.43. The zero-order chi connectivity index (χ0) is 25.7. The lowest BCUT2D eigenvalue weighted by molar-refractivity contribution is -0.141. The highest BCUT2D eigenvalue weighted by Gasteiger charge is 2.45. The topological polar surface area (TPSA) is 93.6 Å². The van der Waals surface area contributed by atoms with E-state index in [1.54, 1.807) is 12.1 Å². The minimum Gasteiger partial charge on any atom is -0.507 e. The molecule has 0 aliphatic carbocycles. The number of nitrogens with zero attached hydrogens (tertiary/aromatic N) is 3. The van der Waals surface area contributed by atoms with E-state index < -0.39 is 23.2 Å². The zero-order valence-electron chi connectivity index (χ0n) is 18.7. The Labute approximate surface area is 202 Å². The van der Waals surface area contributed by atoms with E-state index in [9.17, 15) is 22.7 Å². The van der Waals surface area contributed by atoms with Gasteiger partial charge in [0, 0.05) is 29.1 Å². The molecule has 2 aromatic heterocycles. The van der Waals surface area contributed by atoms with Crippen molar-refractivity contribution < 1.29 is 27.4 Å². The maximum Gasteiger partial charge on any atom is 0.433 e. The van der Waals surface area contributed by atoms with E-state index >= 15 is 0 Å². The summed E-state index contributed by atoms with van der Waals surface area (Å²) < 4.78 is 60.8. The van der Waals surface area contributed by atoms with Crippen LogP contribution in [0.1, 0.15) is 28.1 Å². The number of halogens is 4. The summed E-state index contributed by atoms with van der Waals surface area (Å²) in [6.45, 7) is 0. The number of aromatic hydroxyl groups is 1. The van der Waals surface area contributed by atoms with Crippen molar-refractivity contribution in [1.82, 2.24) is 9.97 Å². The number of ether oxygens (including phenoxy) is 1. The molecule has 4 aromatic rings. The van der Waals surface area contributed by atoms with Crippen LogP contribution in [0, 0.1) is 5.82 Å². The Kier molecular flexibility index (Phi) is 5.39. The largest absolute Gasteiger partial charge is 0.507 e. The molecule has 0 radical (unpaired) electrons. The second kappa shape index (κ2) is 8.33. The third kappa shape index (κ3) is 3.62. The molecule has 0 bridgehead atoms. The van der Waals surface area contributed by atoms with Crippen LogP contribution in [0.15, 0.2) is 78.0 Å². The van der Waals surface area contributed by atoms with E-state index in [1.165, 1.54) is 55.8 Å². The molecular weight excluding hydrogens is 476 g/mol. The molecule has 3 heterocycles. The Bertz CT molecular complexity index is 1520. The summed E-state index contributed by atoms with van der Waals surface area (Å²) in [5, 5.41) is 10.6. The standard InChI is InChI=1S/C26H18F4N4O2/c1-36-16-5-6-20(27)17(13-16)18-11-14(4-7-21(18)35)25(15-8-10-32-22(12-15)26(28,29)30)19-3-2-9-33-23(19)24(31)34-25/h2-13,35H,1H3,(H2,31,34). The first-order chi connectivity index (χ1) is 17.1. The third-order valence-corrected chi connectivity index (χ3v) is 6.07. The van der Waals surface area contributed by atoms with Gasteiger partial charge in [-0.15, -0.1) is 0 Å². The van der Waals surface area contributed by atoms with Crippen LogP contribution >= 0.6 is 0 Å². The SMILES string of the molecule is COc1ccc(F)c(-c2cc(C3(c4ccnc(C(F)(F)F)c4)N=C(N)c4ncccc43)ccc2O)c1. The van der Waals surface area contributed by atoms with Gasteiger partial charge in [0.1, 0.15) is 40.1 Å². The Balaban J connectivity index is 1.82.